The fourth-order valence-electron chi connectivity index (χ4n) is 2.72. The number of nitrogens with zero attached hydrogens (tertiary/aromatic N) is 2. The summed E-state index contributed by atoms with van der Waals surface area (Å²) in [6, 6.07) is 16.2. The van der Waals surface area contributed by atoms with E-state index in [-0.39, 0.29) is 11.9 Å². The number of hydrogen-bond donors (Lipinski definition) is 2. The van der Waals surface area contributed by atoms with Gasteiger partial charge in [-0.15, -0.1) is 0 Å². The maximum atomic E-state index is 12.9. The lowest BCUT2D eigenvalue weighted by atomic mass is 10.0. The van der Waals surface area contributed by atoms with Gasteiger partial charge < -0.3 is 10.4 Å². The van der Waals surface area contributed by atoms with E-state index < -0.39 is 6.10 Å². The van der Waals surface area contributed by atoms with Crippen LogP contribution >= 0.6 is 0 Å². The molecule has 0 fully saturated rings. The van der Waals surface area contributed by atoms with E-state index in [1.165, 1.54) is 17.7 Å². The fourth-order valence-corrected chi connectivity index (χ4v) is 2.72. The van der Waals surface area contributed by atoms with Crippen molar-refractivity contribution in [1.82, 2.24) is 15.1 Å². The Morgan fingerprint density at radius 1 is 1.12 bits per heavy atom. The molecule has 1 heterocycles. The predicted molar refractivity (Wildman–Crippen MR) is 95.8 cm³/mol. The molecule has 130 valence electrons. The molecule has 2 N–H and O–H groups in total. The number of hydrogen-bond acceptors (Lipinski definition) is 3. The Kier molecular flexibility index (Phi) is 5.58. The Bertz CT molecular complexity index is 770. The maximum Gasteiger partial charge on any atom is 0.123 e. The zero-order valence-corrected chi connectivity index (χ0v) is 14.1. The van der Waals surface area contributed by atoms with E-state index in [9.17, 15) is 9.50 Å². The highest BCUT2D eigenvalue weighted by atomic mass is 19.1. The topological polar surface area (TPSA) is 50.1 Å². The summed E-state index contributed by atoms with van der Waals surface area (Å²) in [5.41, 5.74) is 2.92. The Morgan fingerprint density at radius 2 is 1.84 bits per heavy atom. The van der Waals surface area contributed by atoms with Crippen molar-refractivity contribution < 1.29 is 9.50 Å². The van der Waals surface area contributed by atoms with Crippen LogP contribution in [0.25, 0.3) is 5.69 Å². The molecule has 5 heteroatoms. The highest BCUT2D eigenvalue weighted by molar-refractivity contribution is 5.33. The van der Waals surface area contributed by atoms with Gasteiger partial charge in [0, 0.05) is 25.0 Å². The summed E-state index contributed by atoms with van der Waals surface area (Å²) in [7, 11) is 0. The lowest BCUT2D eigenvalue weighted by Gasteiger charge is -2.18. The van der Waals surface area contributed by atoms with Crippen LogP contribution in [0.3, 0.4) is 0 Å². The molecule has 0 spiro atoms. The predicted octanol–water partition coefficient (Wildman–Crippen LogP) is 3.61. The molecule has 0 amide bonds. The quantitative estimate of drug-likeness (QED) is 0.691. The molecule has 0 aliphatic carbocycles. The first-order valence-electron chi connectivity index (χ1n) is 8.37. The molecule has 0 aliphatic rings. The smallest absolute Gasteiger partial charge is 0.123 e. The van der Waals surface area contributed by atoms with Crippen LogP contribution in [0.15, 0.2) is 67.0 Å². The second kappa shape index (κ2) is 8.05. The average molecular weight is 339 g/mol. The summed E-state index contributed by atoms with van der Waals surface area (Å²) < 4.78 is 14.8. The Labute approximate surface area is 146 Å². The third-order valence-electron chi connectivity index (χ3n) is 4.19. The fraction of sp³-hybridized carbons (Fsp3) is 0.250. The van der Waals surface area contributed by atoms with Gasteiger partial charge in [-0.3, -0.25) is 0 Å². The number of aliphatic hydroxyl groups is 1. The van der Waals surface area contributed by atoms with E-state index in [2.05, 4.69) is 22.5 Å². The molecule has 2 unspecified atom stereocenters. The summed E-state index contributed by atoms with van der Waals surface area (Å²) in [4.78, 5) is 0. The van der Waals surface area contributed by atoms with Gasteiger partial charge in [0.15, 0.2) is 0 Å². The minimum atomic E-state index is -0.606. The van der Waals surface area contributed by atoms with Crippen molar-refractivity contribution in [2.75, 3.05) is 0 Å². The van der Waals surface area contributed by atoms with Crippen molar-refractivity contribution in [3.63, 3.8) is 0 Å². The summed E-state index contributed by atoms with van der Waals surface area (Å²) in [5.74, 6) is -0.291. The van der Waals surface area contributed by atoms with Gasteiger partial charge in [0.2, 0.25) is 0 Å². The van der Waals surface area contributed by atoms with Gasteiger partial charge in [-0.05, 0) is 54.8 Å². The van der Waals surface area contributed by atoms with Crippen molar-refractivity contribution in [2.24, 2.45) is 0 Å². The van der Waals surface area contributed by atoms with E-state index >= 15 is 0 Å². The second-order valence-corrected chi connectivity index (χ2v) is 6.20. The van der Waals surface area contributed by atoms with Gasteiger partial charge in [-0.25, -0.2) is 9.07 Å². The van der Waals surface area contributed by atoms with Crippen molar-refractivity contribution in [2.45, 2.75) is 32.0 Å². The number of halogens is 1. The standard InChI is InChI=1S/C20H22FN3O/c1-15(13-20(25)17-5-7-18(21)8-6-17)22-14-16-3-9-19(10-4-16)24-12-2-11-23-24/h2-12,15,20,22,25H,13-14H2,1H3. The molecule has 2 atom stereocenters. The molecule has 3 rings (SSSR count). The van der Waals surface area contributed by atoms with Gasteiger partial charge in [0.05, 0.1) is 11.8 Å². The Balaban J connectivity index is 1.50. The average Bonchev–Trinajstić information content (AvgIpc) is 3.15. The van der Waals surface area contributed by atoms with Crippen molar-refractivity contribution in [3.8, 4) is 5.69 Å². The van der Waals surface area contributed by atoms with Gasteiger partial charge in [-0.1, -0.05) is 24.3 Å². The molecule has 0 saturated heterocycles. The largest absolute Gasteiger partial charge is 0.388 e. The third kappa shape index (κ3) is 4.75. The third-order valence-corrected chi connectivity index (χ3v) is 4.19. The van der Waals surface area contributed by atoms with E-state index in [0.717, 1.165) is 17.8 Å². The minimum Gasteiger partial charge on any atom is -0.388 e. The number of nitrogens with one attached hydrogen (secondary N) is 1. The number of rotatable bonds is 7. The molecule has 0 bridgehead atoms. The van der Waals surface area contributed by atoms with E-state index in [0.29, 0.717) is 6.42 Å². The van der Waals surface area contributed by atoms with Crippen molar-refractivity contribution in [3.05, 3.63) is 83.9 Å². The van der Waals surface area contributed by atoms with Crippen LogP contribution in [-0.4, -0.2) is 20.9 Å². The van der Waals surface area contributed by atoms with E-state index in [1.54, 1.807) is 18.3 Å². The summed E-state index contributed by atoms with van der Waals surface area (Å²) in [6.45, 7) is 2.75. The number of benzene rings is 2. The highest BCUT2D eigenvalue weighted by Gasteiger charge is 2.12. The van der Waals surface area contributed by atoms with Crippen LogP contribution in [0.4, 0.5) is 4.39 Å². The summed E-state index contributed by atoms with van der Waals surface area (Å²) >= 11 is 0. The molecule has 25 heavy (non-hydrogen) atoms. The molecular weight excluding hydrogens is 317 g/mol. The van der Waals surface area contributed by atoms with E-state index in [4.69, 9.17) is 0 Å². The lowest BCUT2D eigenvalue weighted by molar-refractivity contribution is 0.153. The SMILES string of the molecule is CC(CC(O)c1ccc(F)cc1)NCc1ccc(-n2cccn2)cc1. The Hall–Kier alpha value is -2.50. The minimum absolute atomic E-state index is 0.130. The van der Waals surface area contributed by atoms with Gasteiger partial charge >= 0.3 is 0 Å². The van der Waals surface area contributed by atoms with Crippen LogP contribution in [0.5, 0.6) is 0 Å². The summed E-state index contributed by atoms with van der Waals surface area (Å²) in [5, 5.41) is 17.9. The van der Waals surface area contributed by atoms with Crippen molar-refractivity contribution >= 4 is 0 Å². The second-order valence-electron chi connectivity index (χ2n) is 6.20. The zero-order chi connectivity index (χ0) is 17.6. The number of aliphatic hydroxyl groups excluding tert-OH is 1. The molecular formula is C20H22FN3O. The van der Waals surface area contributed by atoms with Crippen LogP contribution < -0.4 is 5.32 Å². The number of aromatic nitrogens is 2. The Morgan fingerprint density at radius 3 is 2.48 bits per heavy atom. The first-order valence-corrected chi connectivity index (χ1v) is 8.37. The lowest BCUT2D eigenvalue weighted by Crippen LogP contribution is -2.27. The van der Waals surface area contributed by atoms with E-state index in [1.807, 2.05) is 36.0 Å². The first kappa shape index (κ1) is 17.3. The molecule has 0 aliphatic heterocycles. The molecule has 4 nitrogen and oxygen atoms in total. The molecule has 0 saturated carbocycles. The van der Waals surface area contributed by atoms with Gasteiger partial charge in [0.1, 0.15) is 5.82 Å². The van der Waals surface area contributed by atoms with Crippen LogP contribution in [0.1, 0.15) is 30.6 Å². The molecule has 0 radical (unpaired) electrons. The van der Waals surface area contributed by atoms with Gasteiger partial charge in [-0.2, -0.15) is 5.10 Å². The summed E-state index contributed by atoms with van der Waals surface area (Å²) in [6.07, 6.45) is 3.62. The molecule has 3 aromatic rings. The molecule has 2 aromatic carbocycles. The monoisotopic (exact) mass is 339 g/mol. The van der Waals surface area contributed by atoms with Crippen LogP contribution in [-0.2, 0) is 6.54 Å². The zero-order valence-electron chi connectivity index (χ0n) is 14.1. The highest BCUT2D eigenvalue weighted by Crippen LogP contribution is 2.19. The normalized spacial score (nSPS) is 13.6. The van der Waals surface area contributed by atoms with Gasteiger partial charge in [0.25, 0.3) is 0 Å². The first-order chi connectivity index (χ1) is 12.1. The maximum absolute atomic E-state index is 12.9. The van der Waals surface area contributed by atoms with Crippen LogP contribution in [0, 0.1) is 5.82 Å². The molecule has 1 aromatic heterocycles. The van der Waals surface area contributed by atoms with Crippen molar-refractivity contribution in [1.29, 1.82) is 0 Å². The van der Waals surface area contributed by atoms with Crippen LogP contribution in [0.2, 0.25) is 0 Å².